The fourth-order valence-electron chi connectivity index (χ4n) is 3.94. The Labute approximate surface area is 191 Å². The lowest BCUT2D eigenvalue weighted by Crippen LogP contribution is -2.37. The van der Waals surface area contributed by atoms with Gasteiger partial charge in [0.1, 0.15) is 17.3 Å². The van der Waals surface area contributed by atoms with Gasteiger partial charge in [0.2, 0.25) is 0 Å². The third-order valence-corrected chi connectivity index (χ3v) is 5.64. The predicted octanol–water partition coefficient (Wildman–Crippen LogP) is 4.14. The molecule has 1 amide bonds. The van der Waals surface area contributed by atoms with Gasteiger partial charge in [0.15, 0.2) is 0 Å². The van der Waals surface area contributed by atoms with Crippen LogP contribution in [0.25, 0.3) is 33.2 Å². The SMILES string of the molecule is NCCC[C@H](N)CNC(=O)c1[nH]c2ccc(-c3ccc(F)cc3)cc2c1-c1cccc(O)c1. The number of nitrogens with two attached hydrogens (primary N) is 2. The first kappa shape index (κ1) is 22.5. The molecule has 0 aliphatic rings. The molecular formula is C26H27FN4O2. The van der Waals surface area contributed by atoms with Crippen LogP contribution in [-0.4, -0.2) is 35.1 Å². The second-order valence-corrected chi connectivity index (χ2v) is 8.09. The van der Waals surface area contributed by atoms with Crippen LogP contribution in [0, 0.1) is 5.82 Å². The molecule has 0 saturated heterocycles. The molecule has 4 rings (SSSR count). The summed E-state index contributed by atoms with van der Waals surface area (Å²) in [7, 11) is 0. The van der Waals surface area contributed by atoms with Crippen LogP contribution >= 0.6 is 0 Å². The van der Waals surface area contributed by atoms with Crippen LogP contribution in [-0.2, 0) is 0 Å². The Morgan fingerprint density at radius 1 is 1.03 bits per heavy atom. The molecule has 170 valence electrons. The molecule has 0 aliphatic heterocycles. The van der Waals surface area contributed by atoms with Gasteiger partial charge in [0.05, 0.1) is 0 Å². The third-order valence-electron chi connectivity index (χ3n) is 5.64. The van der Waals surface area contributed by atoms with Gasteiger partial charge in [-0.2, -0.15) is 0 Å². The largest absolute Gasteiger partial charge is 0.508 e. The van der Waals surface area contributed by atoms with Gasteiger partial charge in [-0.25, -0.2) is 4.39 Å². The van der Waals surface area contributed by atoms with Crippen molar-refractivity contribution < 1.29 is 14.3 Å². The lowest BCUT2D eigenvalue weighted by Gasteiger charge is -2.12. The lowest BCUT2D eigenvalue weighted by atomic mass is 9.98. The number of amides is 1. The summed E-state index contributed by atoms with van der Waals surface area (Å²) in [5.74, 6) is -0.478. The number of carbonyl (C=O) groups is 1. The maximum Gasteiger partial charge on any atom is 0.268 e. The second kappa shape index (κ2) is 9.85. The molecule has 3 aromatic carbocycles. The second-order valence-electron chi connectivity index (χ2n) is 8.09. The highest BCUT2D eigenvalue weighted by Crippen LogP contribution is 2.36. The predicted molar refractivity (Wildman–Crippen MR) is 129 cm³/mol. The maximum atomic E-state index is 13.4. The number of fused-ring (bicyclic) bond motifs is 1. The minimum absolute atomic E-state index is 0.103. The molecule has 7 N–H and O–H groups in total. The van der Waals surface area contributed by atoms with Crippen molar-refractivity contribution in [3.05, 3.63) is 78.2 Å². The quantitative estimate of drug-likeness (QED) is 0.280. The molecule has 33 heavy (non-hydrogen) atoms. The van der Waals surface area contributed by atoms with Crippen molar-refractivity contribution in [1.82, 2.24) is 10.3 Å². The van der Waals surface area contributed by atoms with Gasteiger partial charge in [-0.1, -0.05) is 30.3 Å². The summed E-state index contributed by atoms with van der Waals surface area (Å²) in [6, 6.07) is 18.6. The van der Waals surface area contributed by atoms with E-state index in [1.165, 1.54) is 12.1 Å². The number of aromatic hydroxyl groups is 1. The zero-order chi connectivity index (χ0) is 23.4. The minimum Gasteiger partial charge on any atom is -0.508 e. The summed E-state index contributed by atoms with van der Waals surface area (Å²) < 4.78 is 13.4. The molecule has 0 fully saturated rings. The summed E-state index contributed by atoms with van der Waals surface area (Å²) in [4.78, 5) is 16.4. The van der Waals surface area contributed by atoms with E-state index in [4.69, 9.17) is 11.5 Å². The van der Waals surface area contributed by atoms with Crippen LogP contribution in [0.15, 0.2) is 66.7 Å². The average molecular weight is 447 g/mol. The molecule has 0 spiro atoms. The Morgan fingerprint density at radius 3 is 2.52 bits per heavy atom. The van der Waals surface area contributed by atoms with Gasteiger partial charge < -0.3 is 26.9 Å². The van der Waals surface area contributed by atoms with E-state index in [0.717, 1.165) is 34.9 Å². The average Bonchev–Trinajstić information content (AvgIpc) is 3.20. The van der Waals surface area contributed by atoms with Crippen LogP contribution in [0.2, 0.25) is 0 Å². The van der Waals surface area contributed by atoms with E-state index in [1.54, 1.807) is 30.3 Å². The number of aromatic amines is 1. The Balaban J connectivity index is 1.76. The van der Waals surface area contributed by atoms with Gasteiger partial charge >= 0.3 is 0 Å². The summed E-state index contributed by atoms with van der Waals surface area (Å²) in [5, 5.41) is 13.8. The molecule has 4 aromatic rings. The van der Waals surface area contributed by atoms with Gasteiger partial charge in [-0.05, 0) is 72.5 Å². The normalized spacial score (nSPS) is 12.1. The Morgan fingerprint density at radius 2 is 1.79 bits per heavy atom. The summed E-state index contributed by atoms with van der Waals surface area (Å²) >= 11 is 0. The minimum atomic E-state index is -0.300. The van der Waals surface area contributed by atoms with E-state index < -0.39 is 0 Å². The lowest BCUT2D eigenvalue weighted by molar-refractivity contribution is 0.0947. The molecule has 0 unspecified atom stereocenters. The number of benzene rings is 3. The molecule has 6 nitrogen and oxygen atoms in total. The first-order valence-electron chi connectivity index (χ1n) is 10.9. The van der Waals surface area contributed by atoms with Crippen molar-refractivity contribution in [1.29, 1.82) is 0 Å². The van der Waals surface area contributed by atoms with Crippen LogP contribution in [0.1, 0.15) is 23.3 Å². The number of rotatable bonds is 8. The number of phenolic OH excluding ortho intramolecular Hbond substituents is 1. The van der Waals surface area contributed by atoms with E-state index in [9.17, 15) is 14.3 Å². The number of phenols is 1. The van der Waals surface area contributed by atoms with Crippen molar-refractivity contribution in [2.75, 3.05) is 13.1 Å². The number of halogens is 1. The third kappa shape index (κ3) is 5.05. The van der Waals surface area contributed by atoms with Crippen molar-refractivity contribution >= 4 is 16.8 Å². The van der Waals surface area contributed by atoms with Crippen molar-refractivity contribution in [2.24, 2.45) is 11.5 Å². The van der Waals surface area contributed by atoms with Gasteiger partial charge in [-0.15, -0.1) is 0 Å². The van der Waals surface area contributed by atoms with E-state index in [2.05, 4.69) is 10.3 Å². The highest BCUT2D eigenvalue weighted by Gasteiger charge is 2.20. The van der Waals surface area contributed by atoms with Crippen molar-refractivity contribution in [3.8, 4) is 28.0 Å². The van der Waals surface area contributed by atoms with Crippen LogP contribution in [0.5, 0.6) is 5.75 Å². The number of nitrogens with one attached hydrogen (secondary N) is 2. The van der Waals surface area contributed by atoms with E-state index in [-0.39, 0.29) is 23.5 Å². The number of hydrogen-bond donors (Lipinski definition) is 5. The number of carbonyl (C=O) groups excluding carboxylic acids is 1. The molecule has 1 heterocycles. The molecule has 1 aromatic heterocycles. The highest BCUT2D eigenvalue weighted by atomic mass is 19.1. The van der Waals surface area contributed by atoms with Gasteiger partial charge in [0.25, 0.3) is 5.91 Å². The fourth-order valence-corrected chi connectivity index (χ4v) is 3.94. The topological polar surface area (TPSA) is 117 Å². The van der Waals surface area contributed by atoms with E-state index in [0.29, 0.717) is 29.9 Å². The van der Waals surface area contributed by atoms with Gasteiger partial charge in [-0.3, -0.25) is 4.79 Å². The van der Waals surface area contributed by atoms with Gasteiger partial charge in [0, 0.05) is 29.1 Å². The molecule has 1 atom stereocenters. The van der Waals surface area contributed by atoms with Crippen LogP contribution < -0.4 is 16.8 Å². The van der Waals surface area contributed by atoms with Crippen molar-refractivity contribution in [2.45, 2.75) is 18.9 Å². The molecule has 0 aliphatic carbocycles. The molecule has 0 radical (unpaired) electrons. The first-order chi connectivity index (χ1) is 16.0. The smallest absolute Gasteiger partial charge is 0.268 e. The number of H-pyrrole nitrogens is 1. The molecule has 0 bridgehead atoms. The fraction of sp³-hybridized carbons (Fsp3) is 0.192. The summed E-state index contributed by atoms with van der Waals surface area (Å²) in [6.45, 7) is 0.885. The summed E-state index contributed by atoms with van der Waals surface area (Å²) in [5.41, 5.74) is 15.9. The number of aromatic nitrogens is 1. The van der Waals surface area contributed by atoms with Crippen molar-refractivity contribution in [3.63, 3.8) is 0 Å². The maximum absolute atomic E-state index is 13.4. The summed E-state index contributed by atoms with van der Waals surface area (Å²) in [6.07, 6.45) is 1.52. The Bertz CT molecular complexity index is 1270. The van der Waals surface area contributed by atoms with E-state index >= 15 is 0 Å². The molecule has 0 saturated carbocycles. The number of hydrogen-bond acceptors (Lipinski definition) is 4. The molecule has 7 heteroatoms. The highest BCUT2D eigenvalue weighted by molar-refractivity contribution is 6.10. The Kier molecular flexibility index (Phi) is 6.72. The Hall–Kier alpha value is -3.68. The van der Waals surface area contributed by atoms with Crippen LogP contribution in [0.3, 0.4) is 0 Å². The standard InChI is InChI=1S/C26H27FN4O2/c27-19-9-6-16(7-10-19)17-8-11-23-22(14-17)24(18-3-1-5-21(32)13-18)25(31-23)26(33)30-15-20(29)4-2-12-28/h1,3,5-11,13-14,20,31-32H,2,4,12,15,28-29H2,(H,30,33)/t20-/m0/s1. The van der Waals surface area contributed by atoms with Crippen LogP contribution in [0.4, 0.5) is 4.39 Å². The monoisotopic (exact) mass is 446 g/mol. The zero-order valence-corrected chi connectivity index (χ0v) is 18.1. The molecular weight excluding hydrogens is 419 g/mol. The van der Waals surface area contributed by atoms with E-state index in [1.807, 2.05) is 24.3 Å². The zero-order valence-electron chi connectivity index (χ0n) is 18.1. The first-order valence-corrected chi connectivity index (χ1v) is 10.9.